The summed E-state index contributed by atoms with van der Waals surface area (Å²) in [4.78, 5) is 4.38. The number of imidazole rings is 1. The molecule has 0 bridgehead atoms. The molecule has 90 valence electrons. The van der Waals surface area contributed by atoms with Gasteiger partial charge in [0.25, 0.3) is 0 Å². The SMILES string of the molecule is C=Cc1cn(Cl)c(CCCCCCCC)n1. The number of halogens is 1. The standard InChI is InChI=1S/C13H21ClN2/c1-3-5-6-7-8-9-10-13-15-12(4-2)11-16(13)14/h4,11H,2-3,5-10H2,1H3. The number of rotatable bonds is 8. The molecule has 1 rings (SSSR count). The Bertz CT molecular complexity index is 318. The maximum Gasteiger partial charge on any atom is 0.124 e. The topological polar surface area (TPSA) is 17.8 Å². The van der Waals surface area contributed by atoms with Crippen LogP contribution in [0.5, 0.6) is 0 Å². The second kappa shape index (κ2) is 7.50. The fourth-order valence-corrected chi connectivity index (χ4v) is 1.96. The van der Waals surface area contributed by atoms with Crippen molar-refractivity contribution in [1.29, 1.82) is 0 Å². The summed E-state index contributed by atoms with van der Waals surface area (Å²) in [5.41, 5.74) is 0.857. The molecule has 0 aromatic carbocycles. The molecule has 2 nitrogen and oxygen atoms in total. The third kappa shape index (κ3) is 4.40. The smallest absolute Gasteiger partial charge is 0.124 e. The van der Waals surface area contributed by atoms with Crippen LogP contribution in [0.2, 0.25) is 0 Å². The van der Waals surface area contributed by atoms with Crippen LogP contribution >= 0.6 is 11.8 Å². The summed E-state index contributed by atoms with van der Waals surface area (Å²) in [6, 6.07) is 0. The summed E-state index contributed by atoms with van der Waals surface area (Å²) in [7, 11) is 0. The molecule has 0 aliphatic rings. The predicted octanol–water partition coefficient (Wildman–Crippen LogP) is 4.43. The Labute approximate surface area is 103 Å². The van der Waals surface area contributed by atoms with Crippen molar-refractivity contribution in [3.63, 3.8) is 0 Å². The van der Waals surface area contributed by atoms with E-state index in [9.17, 15) is 0 Å². The average Bonchev–Trinajstić information content (AvgIpc) is 2.65. The zero-order valence-electron chi connectivity index (χ0n) is 10.1. The van der Waals surface area contributed by atoms with Crippen molar-refractivity contribution in [2.45, 2.75) is 51.9 Å². The normalized spacial score (nSPS) is 10.6. The zero-order valence-corrected chi connectivity index (χ0v) is 10.8. The van der Waals surface area contributed by atoms with Gasteiger partial charge in [0.05, 0.1) is 5.69 Å². The van der Waals surface area contributed by atoms with Crippen LogP contribution in [0.1, 0.15) is 57.0 Å². The quantitative estimate of drug-likeness (QED) is 0.615. The highest BCUT2D eigenvalue weighted by atomic mass is 35.5. The number of hydrogen-bond acceptors (Lipinski definition) is 1. The molecule has 3 heteroatoms. The second-order valence-electron chi connectivity index (χ2n) is 4.12. The molecule has 0 spiro atoms. The van der Waals surface area contributed by atoms with Crippen molar-refractivity contribution < 1.29 is 0 Å². The van der Waals surface area contributed by atoms with Gasteiger partial charge in [-0.25, -0.2) is 9.07 Å². The number of nitrogens with zero attached hydrogens (tertiary/aromatic N) is 2. The van der Waals surface area contributed by atoms with Crippen LogP contribution in [0, 0.1) is 0 Å². The molecule has 0 atom stereocenters. The number of aromatic nitrogens is 2. The van der Waals surface area contributed by atoms with E-state index < -0.39 is 0 Å². The lowest BCUT2D eigenvalue weighted by molar-refractivity contribution is 0.601. The fraction of sp³-hybridized carbons (Fsp3) is 0.615. The van der Waals surface area contributed by atoms with E-state index in [-0.39, 0.29) is 0 Å². The molecule has 0 aliphatic carbocycles. The van der Waals surface area contributed by atoms with Crippen LogP contribution in [0.3, 0.4) is 0 Å². The highest BCUT2D eigenvalue weighted by Gasteiger charge is 2.03. The van der Waals surface area contributed by atoms with Crippen molar-refractivity contribution in [1.82, 2.24) is 9.07 Å². The van der Waals surface area contributed by atoms with Gasteiger partial charge in [-0.05, 0) is 12.5 Å². The molecule has 0 N–H and O–H groups in total. The molecule has 0 saturated heterocycles. The molecule has 0 unspecified atom stereocenters. The zero-order chi connectivity index (χ0) is 11.8. The first-order chi connectivity index (χ1) is 7.77. The summed E-state index contributed by atoms with van der Waals surface area (Å²) in [6.07, 6.45) is 12.3. The van der Waals surface area contributed by atoms with Gasteiger partial charge in [0, 0.05) is 24.4 Å². The molecule has 1 aromatic rings. The van der Waals surface area contributed by atoms with Crippen LogP contribution in [0.25, 0.3) is 6.08 Å². The van der Waals surface area contributed by atoms with E-state index in [1.807, 2.05) is 0 Å². The molecular formula is C13H21ClN2. The van der Waals surface area contributed by atoms with Crippen LogP contribution < -0.4 is 0 Å². The molecule has 0 aliphatic heterocycles. The Hall–Kier alpha value is -0.760. The molecule has 1 heterocycles. The highest BCUT2D eigenvalue weighted by molar-refractivity contribution is 6.15. The van der Waals surface area contributed by atoms with Crippen molar-refractivity contribution in [3.8, 4) is 0 Å². The summed E-state index contributed by atoms with van der Waals surface area (Å²) in [5.74, 6) is 0.951. The maximum atomic E-state index is 5.99. The summed E-state index contributed by atoms with van der Waals surface area (Å²) in [6.45, 7) is 5.92. The highest BCUT2D eigenvalue weighted by Crippen LogP contribution is 2.12. The Morgan fingerprint density at radius 3 is 2.62 bits per heavy atom. The van der Waals surface area contributed by atoms with Gasteiger partial charge in [-0.15, -0.1) is 0 Å². The van der Waals surface area contributed by atoms with Crippen LogP contribution in [-0.4, -0.2) is 9.07 Å². The predicted molar refractivity (Wildman–Crippen MR) is 70.6 cm³/mol. The van der Waals surface area contributed by atoms with Gasteiger partial charge < -0.3 is 0 Å². The van der Waals surface area contributed by atoms with Gasteiger partial charge in [-0.1, -0.05) is 45.6 Å². The average molecular weight is 241 g/mol. The summed E-state index contributed by atoms with van der Waals surface area (Å²) < 4.78 is 1.59. The molecular weight excluding hydrogens is 220 g/mol. The first kappa shape index (κ1) is 13.3. The van der Waals surface area contributed by atoms with Gasteiger partial charge in [-0.3, -0.25) is 0 Å². The molecule has 0 radical (unpaired) electrons. The summed E-state index contributed by atoms with van der Waals surface area (Å²) >= 11 is 5.99. The van der Waals surface area contributed by atoms with Crippen LogP contribution in [0.15, 0.2) is 12.8 Å². The van der Waals surface area contributed by atoms with E-state index in [1.165, 1.54) is 38.5 Å². The minimum absolute atomic E-state index is 0.857. The minimum atomic E-state index is 0.857. The summed E-state index contributed by atoms with van der Waals surface area (Å²) in [5, 5.41) is 0. The molecule has 0 saturated carbocycles. The molecule has 0 amide bonds. The monoisotopic (exact) mass is 240 g/mol. The van der Waals surface area contributed by atoms with E-state index in [2.05, 4.69) is 18.5 Å². The first-order valence-corrected chi connectivity index (χ1v) is 6.48. The van der Waals surface area contributed by atoms with Gasteiger partial charge in [0.1, 0.15) is 5.82 Å². The Morgan fingerprint density at radius 2 is 2.00 bits per heavy atom. The van der Waals surface area contributed by atoms with Gasteiger partial charge >= 0.3 is 0 Å². The second-order valence-corrected chi connectivity index (χ2v) is 4.48. The van der Waals surface area contributed by atoms with E-state index in [4.69, 9.17) is 11.8 Å². The Balaban J connectivity index is 2.21. The molecule has 1 aromatic heterocycles. The van der Waals surface area contributed by atoms with Gasteiger partial charge in [0.2, 0.25) is 0 Å². The Morgan fingerprint density at radius 1 is 1.31 bits per heavy atom. The fourth-order valence-electron chi connectivity index (χ4n) is 1.74. The lowest BCUT2D eigenvalue weighted by atomic mass is 10.1. The first-order valence-electron chi connectivity index (χ1n) is 6.14. The Kier molecular flexibility index (Phi) is 6.24. The van der Waals surface area contributed by atoms with Crippen molar-refractivity contribution >= 4 is 17.9 Å². The van der Waals surface area contributed by atoms with E-state index >= 15 is 0 Å². The number of unbranched alkanes of at least 4 members (excludes halogenated alkanes) is 5. The van der Waals surface area contributed by atoms with Crippen molar-refractivity contribution in [3.05, 3.63) is 24.3 Å². The van der Waals surface area contributed by atoms with Crippen LogP contribution in [-0.2, 0) is 6.42 Å². The largest absolute Gasteiger partial charge is 0.245 e. The van der Waals surface area contributed by atoms with Crippen LogP contribution in [0.4, 0.5) is 0 Å². The van der Waals surface area contributed by atoms with E-state index in [0.29, 0.717) is 0 Å². The van der Waals surface area contributed by atoms with E-state index in [0.717, 1.165) is 17.9 Å². The lowest BCUT2D eigenvalue weighted by Crippen LogP contribution is -1.93. The minimum Gasteiger partial charge on any atom is -0.245 e. The third-order valence-corrected chi connectivity index (χ3v) is 3.01. The lowest BCUT2D eigenvalue weighted by Gasteiger charge is -2.00. The molecule has 16 heavy (non-hydrogen) atoms. The van der Waals surface area contributed by atoms with Crippen molar-refractivity contribution in [2.75, 3.05) is 0 Å². The van der Waals surface area contributed by atoms with Crippen molar-refractivity contribution in [2.24, 2.45) is 0 Å². The van der Waals surface area contributed by atoms with Gasteiger partial charge in [-0.2, -0.15) is 0 Å². The van der Waals surface area contributed by atoms with Gasteiger partial charge in [0.15, 0.2) is 0 Å². The number of aryl methyl sites for hydroxylation is 1. The van der Waals surface area contributed by atoms with E-state index in [1.54, 1.807) is 16.4 Å². The molecule has 0 fully saturated rings. The maximum absolute atomic E-state index is 5.99. The number of hydrogen-bond donors (Lipinski definition) is 0. The third-order valence-electron chi connectivity index (χ3n) is 2.71.